The van der Waals surface area contributed by atoms with Crippen molar-refractivity contribution in [3.8, 4) is 0 Å². The minimum absolute atomic E-state index is 0.119. The van der Waals surface area contributed by atoms with Crippen molar-refractivity contribution < 1.29 is 28.7 Å². The maximum atomic E-state index is 12.0. The smallest absolute Gasteiger partial charge is 0.327 e. The quantitative estimate of drug-likeness (QED) is 0.286. The summed E-state index contributed by atoms with van der Waals surface area (Å²) >= 11 is 1.62. The lowest BCUT2D eigenvalue weighted by atomic mass is 9.83. The van der Waals surface area contributed by atoms with Crippen LogP contribution in [0, 0.1) is 5.41 Å². The van der Waals surface area contributed by atoms with Crippen LogP contribution >= 0.6 is 19.4 Å². The molecule has 0 saturated carbocycles. The summed E-state index contributed by atoms with van der Waals surface area (Å²) in [5.41, 5.74) is -0.901. The predicted molar refractivity (Wildman–Crippen MR) is 95.1 cm³/mol. The standard InChI is InChI=1S/C14H29N2O6PS/c1-14(2,6-9-23(20,21)22-3)12(18)13(19)16-7-5-11(17)15-8-10-24-4/h12,18H,5-10H2,1-4H3,(H,15,17)(H,16,19)(H,20,21). The van der Waals surface area contributed by atoms with Gasteiger partial charge in [-0.1, -0.05) is 13.8 Å². The van der Waals surface area contributed by atoms with Crippen molar-refractivity contribution in [1.82, 2.24) is 10.6 Å². The number of aliphatic hydroxyl groups is 1. The highest BCUT2D eigenvalue weighted by molar-refractivity contribution is 7.98. The number of aliphatic hydroxyl groups excluding tert-OH is 1. The maximum Gasteiger partial charge on any atom is 0.327 e. The largest absolute Gasteiger partial charge is 0.383 e. The van der Waals surface area contributed by atoms with Gasteiger partial charge in [-0.3, -0.25) is 14.2 Å². The van der Waals surface area contributed by atoms with E-state index < -0.39 is 25.0 Å². The second-order valence-corrected chi connectivity index (χ2v) is 9.14. The number of carbonyl (C=O) groups excluding carboxylic acids is 2. The van der Waals surface area contributed by atoms with Crippen molar-refractivity contribution in [2.24, 2.45) is 5.41 Å². The molecule has 2 atom stereocenters. The van der Waals surface area contributed by atoms with Crippen molar-refractivity contribution >= 4 is 31.2 Å². The van der Waals surface area contributed by atoms with E-state index in [2.05, 4.69) is 15.2 Å². The van der Waals surface area contributed by atoms with Crippen LogP contribution in [0.25, 0.3) is 0 Å². The molecule has 142 valence electrons. The summed E-state index contributed by atoms with van der Waals surface area (Å²) in [6.45, 7) is 3.95. The molecule has 24 heavy (non-hydrogen) atoms. The van der Waals surface area contributed by atoms with Gasteiger partial charge in [-0.25, -0.2) is 0 Å². The van der Waals surface area contributed by atoms with Crippen LogP contribution in [0.2, 0.25) is 0 Å². The molecule has 10 heteroatoms. The molecule has 0 radical (unpaired) electrons. The van der Waals surface area contributed by atoms with Gasteiger partial charge in [0.15, 0.2) is 0 Å². The van der Waals surface area contributed by atoms with Gasteiger partial charge in [0.1, 0.15) is 6.10 Å². The van der Waals surface area contributed by atoms with E-state index in [-0.39, 0.29) is 31.5 Å². The van der Waals surface area contributed by atoms with Crippen LogP contribution < -0.4 is 10.6 Å². The Labute approximate surface area is 147 Å². The number of hydrogen-bond donors (Lipinski definition) is 4. The fraction of sp³-hybridized carbons (Fsp3) is 0.857. The average molecular weight is 384 g/mol. The number of nitrogens with one attached hydrogen (secondary N) is 2. The minimum Gasteiger partial charge on any atom is -0.383 e. The van der Waals surface area contributed by atoms with Crippen molar-refractivity contribution in [3.63, 3.8) is 0 Å². The molecule has 0 bridgehead atoms. The van der Waals surface area contributed by atoms with Gasteiger partial charge in [0.25, 0.3) is 0 Å². The molecule has 2 amide bonds. The highest BCUT2D eigenvalue weighted by Crippen LogP contribution is 2.44. The van der Waals surface area contributed by atoms with E-state index in [1.165, 1.54) is 0 Å². The summed E-state index contributed by atoms with van der Waals surface area (Å²) in [4.78, 5) is 32.9. The van der Waals surface area contributed by atoms with Crippen molar-refractivity contribution in [2.75, 3.05) is 38.4 Å². The van der Waals surface area contributed by atoms with Crippen LogP contribution in [0.1, 0.15) is 26.7 Å². The van der Waals surface area contributed by atoms with Crippen molar-refractivity contribution in [2.45, 2.75) is 32.8 Å². The van der Waals surface area contributed by atoms with Gasteiger partial charge in [-0.05, 0) is 12.7 Å². The Morgan fingerprint density at radius 2 is 1.92 bits per heavy atom. The number of amides is 2. The van der Waals surface area contributed by atoms with Crippen LogP contribution in [0.5, 0.6) is 0 Å². The van der Waals surface area contributed by atoms with Gasteiger partial charge in [-0.15, -0.1) is 0 Å². The van der Waals surface area contributed by atoms with Crippen LogP contribution in [0.4, 0.5) is 0 Å². The molecule has 0 spiro atoms. The lowest BCUT2D eigenvalue weighted by Gasteiger charge is -2.30. The first-order chi connectivity index (χ1) is 11.1. The molecule has 0 rings (SSSR count). The Morgan fingerprint density at radius 3 is 2.46 bits per heavy atom. The molecule has 0 aliphatic rings. The lowest BCUT2D eigenvalue weighted by molar-refractivity contribution is -0.135. The molecule has 0 aromatic carbocycles. The molecule has 0 fully saturated rings. The second kappa shape index (κ2) is 11.1. The van der Waals surface area contributed by atoms with E-state index in [4.69, 9.17) is 0 Å². The Balaban J connectivity index is 4.25. The van der Waals surface area contributed by atoms with Gasteiger partial charge in [0, 0.05) is 37.8 Å². The first-order valence-corrected chi connectivity index (χ1v) is 10.8. The van der Waals surface area contributed by atoms with Gasteiger partial charge in [0.05, 0.1) is 6.16 Å². The summed E-state index contributed by atoms with van der Waals surface area (Å²) in [7, 11) is -2.55. The molecule has 0 heterocycles. The molecular formula is C14H29N2O6PS. The maximum absolute atomic E-state index is 12.0. The highest BCUT2D eigenvalue weighted by atomic mass is 32.2. The number of carbonyl (C=O) groups is 2. The van der Waals surface area contributed by atoms with Gasteiger partial charge in [-0.2, -0.15) is 11.8 Å². The van der Waals surface area contributed by atoms with Crippen LogP contribution in [0.3, 0.4) is 0 Å². The first-order valence-electron chi connectivity index (χ1n) is 7.64. The molecule has 0 aliphatic heterocycles. The second-order valence-electron chi connectivity index (χ2n) is 6.07. The van der Waals surface area contributed by atoms with Gasteiger partial charge >= 0.3 is 7.60 Å². The third-order valence-corrected chi connectivity index (χ3v) is 5.56. The fourth-order valence-electron chi connectivity index (χ4n) is 1.79. The zero-order valence-corrected chi connectivity index (χ0v) is 16.4. The molecule has 0 aromatic heterocycles. The zero-order chi connectivity index (χ0) is 18.8. The van der Waals surface area contributed by atoms with Gasteiger partial charge < -0.3 is 25.2 Å². The Hall–Kier alpha value is -0.600. The molecule has 0 aromatic rings. The van der Waals surface area contributed by atoms with E-state index in [9.17, 15) is 24.2 Å². The number of thioether (sulfide) groups is 1. The van der Waals surface area contributed by atoms with E-state index in [1.54, 1.807) is 25.6 Å². The summed E-state index contributed by atoms with van der Waals surface area (Å²) in [6.07, 6.45) is 0.700. The van der Waals surface area contributed by atoms with Crippen LogP contribution in [-0.2, 0) is 18.7 Å². The van der Waals surface area contributed by atoms with Gasteiger partial charge in [0.2, 0.25) is 11.8 Å². The molecule has 2 unspecified atom stereocenters. The van der Waals surface area contributed by atoms with E-state index in [1.807, 2.05) is 6.26 Å². The third-order valence-electron chi connectivity index (χ3n) is 3.59. The number of rotatable bonds is 12. The molecular weight excluding hydrogens is 355 g/mol. The lowest BCUT2D eigenvalue weighted by Crippen LogP contribution is -2.45. The fourth-order valence-corrected chi connectivity index (χ4v) is 3.14. The Bertz CT molecular complexity index is 461. The van der Waals surface area contributed by atoms with Crippen molar-refractivity contribution in [1.29, 1.82) is 0 Å². The van der Waals surface area contributed by atoms with Crippen LogP contribution in [-0.4, -0.2) is 66.3 Å². The van der Waals surface area contributed by atoms with E-state index >= 15 is 0 Å². The normalized spacial score (nSPS) is 15.4. The topological polar surface area (TPSA) is 125 Å². The minimum atomic E-state index is -3.69. The molecule has 4 N–H and O–H groups in total. The number of hydrogen-bond acceptors (Lipinski definition) is 6. The molecule has 8 nitrogen and oxygen atoms in total. The summed E-state index contributed by atoms with van der Waals surface area (Å²) < 4.78 is 16.0. The van der Waals surface area contributed by atoms with Crippen LogP contribution in [0.15, 0.2) is 0 Å². The third kappa shape index (κ3) is 9.64. The first kappa shape index (κ1) is 23.4. The zero-order valence-electron chi connectivity index (χ0n) is 14.7. The molecule has 0 saturated heterocycles. The predicted octanol–water partition coefficient (Wildman–Crippen LogP) is 0.581. The summed E-state index contributed by atoms with van der Waals surface area (Å²) in [5.74, 6) is 0.0443. The monoisotopic (exact) mass is 384 g/mol. The molecule has 0 aliphatic carbocycles. The van der Waals surface area contributed by atoms with Crippen molar-refractivity contribution in [3.05, 3.63) is 0 Å². The summed E-state index contributed by atoms with van der Waals surface area (Å²) in [5, 5.41) is 15.3. The SMILES string of the molecule is COP(=O)(O)CCC(C)(C)C(O)C(=O)NCCC(=O)NCCSC. The Morgan fingerprint density at radius 1 is 1.29 bits per heavy atom. The van der Waals surface area contributed by atoms with E-state index in [0.717, 1.165) is 12.9 Å². The highest BCUT2D eigenvalue weighted by Gasteiger charge is 2.35. The average Bonchev–Trinajstić information content (AvgIpc) is 2.52. The van der Waals surface area contributed by atoms with E-state index in [0.29, 0.717) is 6.54 Å². The Kier molecular flexibility index (Phi) is 10.8. The summed E-state index contributed by atoms with van der Waals surface area (Å²) in [6, 6.07) is 0.